The first-order valence-electron chi connectivity index (χ1n) is 5.46. The van der Waals surface area contributed by atoms with Gasteiger partial charge in [0.15, 0.2) is 5.78 Å². The van der Waals surface area contributed by atoms with Crippen molar-refractivity contribution in [1.82, 2.24) is 4.37 Å². The van der Waals surface area contributed by atoms with E-state index in [2.05, 4.69) is 4.37 Å². The fraction of sp³-hybridized carbons (Fsp3) is 0.636. The molecule has 2 aliphatic carbocycles. The average Bonchev–Trinajstić information content (AvgIpc) is 2.93. The standard InChI is InChI=1S/C11H14N2OS/c12-10-7-2-1-6(3-7)9(10)11(14)8-4-13-15-5-8/h4-7,9-10H,1-3,12H2. The summed E-state index contributed by atoms with van der Waals surface area (Å²) in [5, 5.41) is 1.83. The van der Waals surface area contributed by atoms with Gasteiger partial charge in [-0.05, 0) is 42.6 Å². The van der Waals surface area contributed by atoms with Crippen LogP contribution in [0, 0.1) is 17.8 Å². The lowest BCUT2D eigenvalue weighted by molar-refractivity contribution is 0.0856. The van der Waals surface area contributed by atoms with E-state index in [-0.39, 0.29) is 17.7 Å². The minimum Gasteiger partial charge on any atom is -0.327 e. The topological polar surface area (TPSA) is 56.0 Å². The molecule has 0 spiro atoms. The second-order valence-corrected chi connectivity index (χ2v) is 5.37. The van der Waals surface area contributed by atoms with Gasteiger partial charge in [0.1, 0.15) is 0 Å². The van der Waals surface area contributed by atoms with Crippen molar-refractivity contribution in [3.63, 3.8) is 0 Å². The van der Waals surface area contributed by atoms with Gasteiger partial charge in [-0.15, -0.1) is 0 Å². The van der Waals surface area contributed by atoms with E-state index in [4.69, 9.17) is 5.73 Å². The molecule has 80 valence electrons. The number of fused-ring (bicyclic) bond motifs is 2. The number of carbonyl (C=O) groups excluding carboxylic acids is 1. The highest BCUT2D eigenvalue weighted by molar-refractivity contribution is 7.03. The Hall–Kier alpha value is -0.740. The summed E-state index contributed by atoms with van der Waals surface area (Å²) in [7, 11) is 0. The first-order valence-corrected chi connectivity index (χ1v) is 6.30. The van der Waals surface area contributed by atoms with Gasteiger partial charge in [-0.2, -0.15) is 0 Å². The number of ketones is 1. The predicted octanol–water partition coefficient (Wildman–Crippen LogP) is 1.70. The molecule has 1 aromatic heterocycles. The summed E-state index contributed by atoms with van der Waals surface area (Å²) < 4.78 is 3.98. The summed E-state index contributed by atoms with van der Waals surface area (Å²) in [6, 6.07) is 0.0937. The van der Waals surface area contributed by atoms with Crippen LogP contribution in [0.25, 0.3) is 0 Å². The van der Waals surface area contributed by atoms with Crippen molar-refractivity contribution in [3.8, 4) is 0 Å². The van der Waals surface area contributed by atoms with Crippen LogP contribution in [0.15, 0.2) is 11.6 Å². The molecule has 0 aromatic carbocycles. The van der Waals surface area contributed by atoms with Gasteiger partial charge in [-0.25, -0.2) is 4.37 Å². The maximum atomic E-state index is 12.2. The van der Waals surface area contributed by atoms with Crippen LogP contribution < -0.4 is 5.73 Å². The smallest absolute Gasteiger partial charge is 0.170 e. The highest BCUT2D eigenvalue weighted by Crippen LogP contribution is 2.48. The van der Waals surface area contributed by atoms with Gasteiger partial charge in [-0.3, -0.25) is 4.79 Å². The summed E-state index contributed by atoms with van der Waals surface area (Å²) in [4.78, 5) is 12.2. The van der Waals surface area contributed by atoms with Gasteiger partial charge in [0, 0.05) is 22.9 Å². The lowest BCUT2D eigenvalue weighted by Gasteiger charge is -2.26. The summed E-state index contributed by atoms with van der Waals surface area (Å²) in [5.41, 5.74) is 6.89. The Morgan fingerprint density at radius 3 is 2.87 bits per heavy atom. The van der Waals surface area contributed by atoms with Crippen molar-refractivity contribution in [2.45, 2.75) is 25.3 Å². The SMILES string of the molecule is NC1C2CCC(C2)C1C(=O)c1cnsc1. The Morgan fingerprint density at radius 1 is 1.47 bits per heavy atom. The van der Waals surface area contributed by atoms with Crippen molar-refractivity contribution < 1.29 is 4.79 Å². The van der Waals surface area contributed by atoms with Crippen molar-refractivity contribution in [3.05, 3.63) is 17.1 Å². The summed E-state index contributed by atoms with van der Waals surface area (Å²) in [5.74, 6) is 1.43. The Bertz CT molecular complexity index is 374. The monoisotopic (exact) mass is 222 g/mol. The lowest BCUT2D eigenvalue weighted by Crippen LogP contribution is -2.40. The molecule has 2 bridgehead atoms. The molecule has 3 rings (SSSR count). The molecule has 1 heterocycles. The molecule has 2 saturated carbocycles. The van der Waals surface area contributed by atoms with E-state index in [0.29, 0.717) is 11.8 Å². The van der Waals surface area contributed by atoms with Crippen molar-refractivity contribution in [2.75, 3.05) is 0 Å². The molecular weight excluding hydrogens is 208 g/mol. The van der Waals surface area contributed by atoms with Gasteiger partial charge < -0.3 is 5.73 Å². The third-order valence-electron chi connectivity index (χ3n) is 4.00. The predicted molar refractivity (Wildman–Crippen MR) is 58.7 cm³/mol. The van der Waals surface area contributed by atoms with Gasteiger partial charge in [0.25, 0.3) is 0 Å². The highest BCUT2D eigenvalue weighted by Gasteiger charge is 2.49. The number of nitrogens with zero attached hydrogens (tertiary/aromatic N) is 1. The van der Waals surface area contributed by atoms with Crippen LogP contribution in [-0.4, -0.2) is 16.2 Å². The number of carbonyl (C=O) groups is 1. The van der Waals surface area contributed by atoms with Crippen LogP contribution in [0.2, 0.25) is 0 Å². The molecule has 0 aliphatic heterocycles. The minimum atomic E-state index is 0.0696. The Balaban J connectivity index is 1.86. The van der Waals surface area contributed by atoms with Crippen LogP contribution in [-0.2, 0) is 0 Å². The number of hydrogen-bond acceptors (Lipinski definition) is 4. The Labute approximate surface area is 92.8 Å². The minimum absolute atomic E-state index is 0.0696. The Kier molecular flexibility index (Phi) is 2.14. The molecular formula is C11H14N2OS. The van der Waals surface area contributed by atoms with Crippen LogP contribution in [0.1, 0.15) is 29.6 Å². The number of nitrogens with two attached hydrogens (primary N) is 1. The molecule has 2 aliphatic rings. The molecule has 4 unspecified atom stereocenters. The van der Waals surface area contributed by atoms with Crippen LogP contribution >= 0.6 is 11.5 Å². The van der Waals surface area contributed by atoms with E-state index in [1.54, 1.807) is 6.20 Å². The maximum Gasteiger partial charge on any atom is 0.170 e. The fourth-order valence-corrected chi connectivity index (χ4v) is 3.77. The number of Topliss-reactive ketones (excluding diaryl/α,β-unsaturated/α-hetero) is 1. The quantitative estimate of drug-likeness (QED) is 0.775. The number of aromatic nitrogens is 1. The zero-order valence-electron chi connectivity index (χ0n) is 8.43. The van der Waals surface area contributed by atoms with E-state index in [1.807, 2.05) is 5.38 Å². The van der Waals surface area contributed by atoms with E-state index in [0.717, 1.165) is 12.0 Å². The molecule has 2 fully saturated rings. The van der Waals surface area contributed by atoms with Gasteiger partial charge in [-0.1, -0.05) is 0 Å². The van der Waals surface area contributed by atoms with Crippen molar-refractivity contribution in [2.24, 2.45) is 23.5 Å². The molecule has 0 radical (unpaired) electrons. The Morgan fingerprint density at radius 2 is 2.27 bits per heavy atom. The lowest BCUT2D eigenvalue weighted by atomic mass is 9.81. The zero-order valence-corrected chi connectivity index (χ0v) is 9.24. The molecule has 0 amide bonds. The van der Waals surface area contributed by atoms with Crippen LogP contribution in [0.5, 0.6) is 0 Å². The second kappa shape index (κ2) is 3.39. The molecule has 2 N–H and O–H groups in total. The average molecular weight is 222 g/mol. The van der Waals surface area contributed by atoms with Gasteiger partial charge in [0.2, 0.25) is 0 Å². The number of rotatable bonds is 2. The van der Waals surface area contributed by atoms with E-state index in [1.165, 1.54) is 24.4 Å². The largest absolute Gasteiger partial charge is 0.327 e. The molecule has 15 heavy (non-hydrogen) atoms. The van der Waals surface area contributed by atoms with E-state index >= 15 is 0 Å². The molecule has 4 heteroatoms. The third kappa shape index (κ3) is 1.35. The highest BCUT2D eigenvalue weighted by atomic mass is 32.1. The normalized spacial score (nSPS) is 38.5. The third-order valence-corrected chi connectivity index (χ3v) is 4.59. The second-order valence-electron chi connectivity index (χ2n) is 4.71. The van der Waals surface area contributed by atoms with E-state index < -0.39 is 0 Å². The summed E-state index contributed by atoms with van der Waals surface area (Å²) in [6.07, 6.45) is 5.24. The molecule has 3 nitrogen and oxygen atoms in total. The van der Waals surface area contributed by atoms with Gasteiger partial charge >= 0.3 is 0 Å². The first kappa shape index (κ1) is 9.48. The number of hydrogen-bond donors (Lipinski definition) is 1. The van der Waals surface area contributed by atoms with Crippen LogP contribution in [0.3, 0.4) is 0 Å². The maximum absolute atomic E-state index is 12.2. The van der Waals surface area contributed by atoms with Crippen LogP contribution in [0.4, 0.5) is 0 Å². The zero-order chi connectivity index (χ0) is 10.4. The van der Waals surface area contributed by atoms with Gasteiger partial charge in [0.05, 0.1) is 6.20 Å². The fourth-order valence-electron chi connectivity index (χ4n) is 3.24. The summed E-state index contributed by atoms with van der Waals surface area (Å²) >= 11 is 1.34. The molecule has 1 aromatic rings. The van der Waals surface area contributed by atoms with E-state index in [9.17, 15) is 4.79 Å². The first-order chi connectivity index (χ1) is 7.27. The van der Waals surface area contributed by atoms with Crippen molar-refractivity contribution >= 4 is 17.3 Å². The van der Waals surface area contributed by atoms with Crippen molar-refractivity contribution in [1.29, 1.82) is 0 Å². The molecule has 0 saturated heterocycles. The summed E-state index contributed by atoms with van der Waals surface area (Å²) in [6.45, 7) is 0. The molecule has 4 atom stereocenters.